The van der Waals surface area contributed by atoms with Crippen LogP contribution >= 0.6 is 0 Å². The molecule has 0 spiro atoms. The van der Waals surface area contributed by atoms with E-state index in [9.17, 15) is 5.11 Å². The van der Waals surface area contributed by atoms with Gasteiger partial charge in [0.25, 0.3) is 0 Å². The molecule has 0 saturated heterocycles. The van der Waals surface area contributed by atoms with E-state index < -0.39 is 5.89 Å². The molecule has 0 atom stereocenters. The minimum Gasteiger partial charge on any atom is -0.508 e. The lowest BCUT2D eigenvalue weighted by molar-refractivity contribution is 0.476. The number of nitrogens with zero attached hydrogens (tertiary/aromatic N) is 2. The molecule has 3 heteroatoms. The SMILES string of the molecule is [2H]C(CC)(CC)c1ccnc(-n2c3ccccc3c3ccc(O)cc32)c1. The predicted molar refractivity (Wildman–Crippen MR) is 104 cm³/mol. The van der Waals surface area contributed by atoms with Crippen LogP contribution in [0.1, 0.15) is 39.5 Å². The van der Waals surface area contributed by atoms with Gasteiger partial charge in [-0.2, -0.15) is 0 Å². The van der Waals surface area contributed by atoms with E-state index in [1.165, 1.54) is 0 Å². The van der Waals surface area contributed by atoms with E-state index in [2.05, 4.69) is 35.5 Å². The van der Waals surface area contributed by atoms with E-state index in [4.69, 9.17) is 1.37 Å². The van der Waals surface area contributed by atoms with Gasteiger partial charge in [-0.1, -0.05) is 32.0 Å². The maximum Gasteiger partial charge on any atom is 0.137 e. The minimum absolute atomic E-state index is 0.231. The molecule has 0 aliphatic rings. The van der Waals surface area contributed by atoms with Crippen molar-refractivity contribution >= 4 is 21.8 Å². The molecular formula is C22H22N2O. The Morgan fingerprint density at radius 3 is 2.56 bits per heavy atom. The summed E-state index contributed by atoms with van der Waals surface area (Å²) in [4.78, 5) is 4.59. The molecule has 2 aromatic carbocycles. The van der Waals surface area contributed by atoms with Crippen molar-refractivity contribution in [3.05, 3.63) is 66.4 Å². The van der Waals surface area contributed by atoms with Crippen molar-refractivity contribution in [2.24, 2.45) is 0 Å². The molecule has 4 rings (SSSR count). The summed E-state index contributed by atoms with van der Waals surface area (Å²) in [5.41, 5.74) is 2.93. The Hall–Kier alpha value is -2.81. The van der Waals surface area contributed by atoms with Gasteiger partial charge in [0.05, 0.1) is 11.0 Å². The number of phenolic OH excluding ortho intramolecular Hbond substituents is 1. The van der Waals surface area contributed by atoms with Crippen molar-refractivity contribution in [1.29, 1.82) is 0 Å². The van der Waals surface area contributed by atoms with E-state index in [-0.39, 0.29) is 5.75 Å². The van der Waals surface area contributed by atoms with E-state index in [0.717, 1.165) is 46.0 Å². The number of pyridine rings is 1. The molecule has 3 nitrogen and oxygen atoms in total. The quantitative estimate of drug-likeness (QED) is 0.514. The zero-order valence-electron chi connectivity index (χ0n) is 15.5. The predicted octanol–water partition coefficient (Wildman–Crippen LogP) is 5.79. The molecular weight excluding hydrogens is 308 g/mol. The van der Waals surface area contributed by atoms with Crippen molar-refractivity contribution in [1.82, 2.24) is 9.55 Å². The van der Waals surface area contributed by atoms with Crippen LogP contribution in [0.5, 0.6) is 5.75 Å². The van der Waals surface area contributed by atoms with Crippen LogP contribution < -0.4 is 0 Å². The first-order valence-electron chi connectivity index (χ1n) is 9.26. The monoisotopic (exact) mass is 331 g/mol. The lowest BCUT2D eigenvalue weighted by Gasteiger charge is -2.14. The lowest BCUT2D eigenvalue weighted by Crippen LogP contribution is -2.01. The molecule has 1 N–H and O–H groups in total. The molecule has 0 amide bonds. The average Bonchev–Trinajstić information content (AvgIpc) is 3.00. The summed E-state index contributed by atoms with van der Waals surface area (Å²) in [6.45, 7) is 4.10. The van der Waals surface area contributed by atoms with Gasteiger partial charge in [0.15, 0.2) is 0 Å². The molecule has 0 unspecified atom stereocenters. The average molecular weight is 331 g/mol. The van der Waals surface area contributed by atoms with Gasteiger partial charge in [0.1, 0.15) is 11.6 Å². The van der Waals surface area contributed by atoms with E-state index in [1.807, 2.05) is 30.3 Å². The first-order chi connectivity index (χ1) is 12.6. The summed E-state index contributed by atoms with van der Waals surface area (Å²) in [7, 11) is 0. The van der Waals surface area contributed by atoms with E-state index >= 15 is 0 Å². The highest BCUT2D eigenvalue weighted by atomic mass is 16.3. The van der Waals surface area contributed by atoms with Gasteiger partial charge < -0.3 is 5.11 Å². The summed E-state index contributed by atoms with van der Waals surface area (Å²) >= 11 is 0. The molecule has 0 fully saturated rings. The summed E-state index contributed by atoms with van der Waals surface area (Å²) < 4.78 is 10.8. The Morgan fingerprint density at radius 2 is 1.76 bits per heavy atom. The highest BCUT2D eigenvalue weighted by molar-refractivity contribution is 6.09. The zero-order chi connectivity index (χ0) is 18.3. The number of phenols is 1. The lowest BCUT2D eigenvalue weighted by atomic mass is 9.95. The Labute approximate surface area is 149 Å². The Bertz CT molecular complexity index is 1100. The molecule has 0 aliphatic carbocycles. The molecule has 25 heavy (non-hydrogen) atoms. The smallest absolute Gasteiger partial charge is 0.137 e. The highest BCUT2D eigenvalue weighted by Crippen LogP contribution is 2.34. The standard InChI is InChI=1S/C22H22N2O/c1-3-15(4-2)16-11-12-23-22(13-16)24-20-8-6-5-7-18(20)19-10-9-17(25)14-21(19)24/h5-15,25H,3-4H2,1-2H3/i15D. The molecule has 4 aromatic rings. The van der Waals surface area contributed by atoms with Gasteiger partial charge in [-0.15, -0.1) is 0 Å². The third-order valence-corrected chi connectivity index (χ3v) is 4.89. The zero-order valence-corrected chi connectivity index (χ0v) is 14.5. The molecule has 0 bridgehead atoms. The summed E-state index contributed by atoms with van der Waals surface area (Å²) in [6.07, 6.45) is 3.28. The fourth-order valence-electron chi connectivity index (χ4n) is 3.62. The topological polar surface area (TPSA) is 38.0 Å². The third-order valence-electron chi connectivity index (χ3n) is 4.89. The second-order valence-corrected chi connectivity index (χ2v) is 6.27. The summed E-state index contributed by atoms with van der Waals surface area (Å²) in [5.74, 6) is 0.394. The number of fused-ring (bicyclic) bond motifs is 3. The van der Waals surface area contributed by atoms with Crippen LogP contribution in [-0.2, 0) is 0 Å². The van der Waals surface area contributed by atoms with E-state index in [1.54, 1.807) is 18.3 Å². The van der Waals surface area contributed by atoms with Gasteiger partial charge in [0, 0.05) is 24.4 Å². The Balaban J connectivity index is 2.04. The van der Waals surface area contributed by atoms with Crippen LogP contribution in [0, 0.1) is 0 Å². The molecule has 2 heterocycles. The van der Waals surface area contributed by atoms with Crippen molar-refractivity contribution in [2.75, 3.05) is 0 Å². The van der Waals surface area contributed by atoms with Crippen molar-refractivity contribution in [3.8, 4) is 11.6 Å². The second kappa shape index (κ2) is 6.25. The Kier molecular flexibility index (Phi) is 3.63. The number of para-hydroxylation sites is 1. The molecule has 2 aromatic heterocycles. The number of rotatable bonds is 4. The minimum atomic E-state index is -0.613. The fourth-order valence-corrected chi connectivity index (χ4v) is 3.62. The van der Waals surface area contributed by atoms with Crippen molar-refractivity contribution in [3.63, 3.8) is 0 Å². The second-order valence-electron chi connectivity index (χ2n) is 6.27. The third kappa shape index (κ3) is 2.56. The van der Waals surface area contributed by atoms with Crippen LogP contribution in [0.3, 0.4) is 0 Å². The highest BCUT2D eigenvalue weighted by Gasteiger charge is 2.15. The van der Waals surface area contributed by atoms with Gasteiger partial charge in [0.2, 0.25) is 0 Å². The van der Waals surface area contributed by atoms with Gasteiger partial charge in [-0.3, -0.25) is 4.57 Å². The molecule has 0 saturated carbocycles. The number of hydrogen-bond donors (Lipinski definition) is 1. The number of aromatic hydroxyl groups is 1. The largest absolute Gasteiger partial charge is 0.508 e. The van der Waals surface area contributed by atoms with Gasteiger partial charge in [-0.05, 0) is 54.6 Å². The normalized spacial score (nSPS) is 12.6. The van der Waals surface area contributed by atoms with Crippen LogP contribution in [0.15, 0.2) is 60.8 Å². The molecule has 0 radical (unpaired) electrons. The summed E-state index contributed by atoms with van der Waals surface area (Å²) in [5, 5.41) is 12.2. The number of benzene rings is 2. The van der Waals surface area contributed by atoms with E-state index in [0.29, 0.717) is 0 Å². The first kappa shape index (κ1) is 14.5. The molecule has 126 valence electrons. The number of hydrogen-bond acceptors (Lipinski definition) is 2. The maximum absolute atomic E-state index is 10.0. The van der Waals surface area contributed by atoms with Crippen molar-refractivity contribution in [2.45, 2.75) is 32.6 Å². The van der Waals surface area contributed by atoms with Crippen LogP contribution in [0.25, 0.3) is 27.6 Å². The van der Waals surface area contributed by atoms with Gasteiger partial charge >= 0.3 is 0 Å². The van der Waals surface area contributed by atoms with Crippen LogP contribution in [-0.4, -0.2) is 14.7 Å². The fraction of sp³-hybridized carbons (Fsp3) is 0.227. The summed E-state index contributed by atoms with van der Waals surface area (Å²) in [6, 6.07) is 17.6. The maximum atomic E-state index is 10.0. The van der Waals surface area contributed by atoms with Crippen LogP contribution in [0.2, 0.25) is 0 Å². The van der Waals surface area contributed by atoms with Crippen molar-refractivity contribution < 1.29 is 6.48 Å². The molecule has 0 aliphatic heterocycles. The first-order valence-corrected chi connectivity index (χ1v) is 8.76. The number of aromatic nitrogens is 2. The van der Waals surface area contributed by atoms with Crippen LogP contribution in [0.4, 0.5) is 0 Å². The van der Waals surface area contributed by atoms with Gasteiger partial charge in [-0.25, -0.2) is 4.98 Å². The Morgan fingerprint density at radius 1 is 1.00 bits per heavy atom.